The van der Waals surface area contributed by atoms with Crippen molar-refractivity contribution in [2.24, 2.45) is 11.0 Å². The lowest BCUT2D eigenvalue weighted by Gasteiger charge is -2.36. The van der Waals surface area contributed by atoms with Crippen molar-refractivity contribution >= 4 is 19.6 Å². The minimum atomic E-state index is -3.80. The van der Waals surface area contributed by atoms with Crippen molar-refractivity contribution in [3.8, 4) is 0 Å². The van der Waals surface area contributed by atoms with Crippen LogP contribution in [0.1, 0.15) is 20.8 Å². The van der Waals surface area contributed by atoms with Gasteiger partial charge in [-0.3, -0.25) is 15.6 Å². The molecule has 0 bridgehead atoms. The van der Waals surface area contributed by atoms with Gasteiger partial charge < -0.3 is 10.1 Å². The van der Waals surface area contributed by atoms with Gasteiger partial charge in [0.15, 0.2) is 0 Å². The molecule has 0 aliphatic carbocycles. The van der Waals surface area contributed by atoms with E-state index >= 15 is 0 Å². The lowest BCUT2D eigenvalue weighted by atomic mass is 10.1. The van der Waals surface area contributed by atoms with Crippen LogP contribution in [-0.4, -0.2) is 29.3 Å². The largest absolute Gasteiger partial charge is 0.463 e. The van der Waals surface area contributed by atoms with Gasteiger partial charge in [-0.2, -0.15) is 0 Å². The summed E-state index contributed by atoms with van der Waals surface area (Å²) < 4.78 is 17.3. The first-order chi connectivity index (χ1) is 8.20. The van der Waals surface area contributed by atoms with Gasteiger partial charge in [0, 0.05) is 5.70 Å². The maximum absolute atomic E-state index is 11.8. The molecule has 1 aliphatic heterocycles. The zero-order valence-corrected chi connectivity index (χ0v) is 11.4. The standard InChI is InChI=1S/C9H17N4O4P/c1-4-17-8(14)7-5(2)12-9(15)13(6(7)3)18(10,11)16/h6H,4H2,1-3H3,(H,12,15)(H4,10,11,16). The second-order valence-corrected chi connectivity index (χ2v) is 5.66. The second kappa shape index (κ2) is 5.09. The Balaban J connectivity index is 3.18. The number of ether oxygens (including phenoxy) is 1. The molecule has 0 saturated heterocycles. The third-order valence-electron chi connectivity index (χ3n) is 2.52. The first kappa shape index (κ1) is 14.7. The number of nitrogens with zero attached hydrogens (tertiary/aromatic N) is 1. The van der Waals surface area contributed by atoms with Crippen LogP contribution in [0.3, 0.4) is 0 Å². The molecule has 0 aromatic rings. The molecule has 0 saturated carbocycles. The lowest BCUT2D eigenvalue weighted by molar-refractivity contribution is -0.139. The van der Waals surface area contributed by atoms with E-state index in [1.54, 1.807) is 13.8 Å². The highest BCUT2D eigenvalue weighted by atomic mass is 31.2. The first-order valence-corrected chi connectivity index (χ1v) is 7.15. The minimum Gasteiger partial charge on any atom is -0.463 e. The molecule has 2 amide bonds. The van der Waals surface area contributed by atoms with Crippen molar-refractivity contribution in [2.75, 3.05) is 6.61 Å². The fourth-order valence-corrected chi connectivity index (χ4v) is 2.83. The molecule has 1 aliphatic rings. The number of nitrogens with two attached hydrogens (primary N) is 2. The maximum atomic E-state index is 11.8. The second-order valence-electron chi connectivity index (χ2n) is 3.88. The van der Waals surface area contributed by atoms with E-state index < -0.39 is 25.6 Å². The molecule has 8 nitrogen and oxygen atoms in total. The Kier molecular flexibility index (Phi) is 4.16. The van der Waals surface area contributed by atoms with Crippen LogP contribution in [-0.2, 0) is 14.1 Å². The molecule has 1 heterocycles. The fraction of sp³-hybridized carbons (Fsp3) is 0.556. The molecule has 102 valence electrons. The van der Waals surface area contributed by atoms with Crippen LogP contribution < -0.4 is 16.3 Å². The summed E-state index contributed by atoms with van der Waals surface area (Å²) in [6.07, 6.45) is 0. The summed E-state index contributed by atoms with van der Waals surface area (Å²) in [7, 11) is -3.80. The number of hydrogen-bond acceptors (Lipinski definition) is 4. The highest BCUT2D eigenvalue weighted by Crippen LogP contribution is 2.38. The first-order valence-electron chi connectivity index (χ1n) is 5.35. The summed E-state index contributed by atoms with van der Waals surface area (Å²) in [4.78, 5) is 23.5. The smallest absolute Gasteiger partial charge is 0.337 e. The fourth-order valence-electron chi connectivity index (χ4n) is 1.84. The number of allylic oxidation sites excluding steroid dienone is 1. The van der Waals surface area contributed by atoms with Crippen molar-refractivity contribution in [1.29, 1.82) is 0 Å². The zero-order valence-electron chi connectivity index (χ0n) is 10.5. The number of esters is 1. The molecule has 0 aromatic heterocycles. The number of carbonyl (C=O) groups excluding carboxylic acids is 2. The summed E-state index contributed by atoms with van der Waals surface area (Å²) >= 11 is 0. The van der Waals surface area contributed by atoms with Crippen LogP contribution in [0.2, 0.25) is 0 Å². The third kappa shape index (κ3) is 2.72. The van der Waals surface area contributed by atoms with Crippen molar-refractivity contribution in [2.45, 2.75) is 26.8 Å². The third-order valence-corrected chi connectivity index (χ3v) is 3.72. The average molecular weight is 276 g/mol. The van der Waals surface area contributed by atoms with Crippen molar-refractivity contribution < 1.29 is 18.9 Å². The van der Waals surface area contributed by atoms with Gasteiger partial charge in [-0.1, -0.05) is 0 Å². The van der Waals surface area contributed by atoms with E-state index in [1.165, 1.54) is 6.92 Å². The van der Waals surface area contributed by atoms with Crippen molar-refractivity contribution in [1.82, 2.24) is 9.99 Å². The molecule has 0 spiro atoms. The van der Waals surface area contributed by atoms with Crippen molar-refractivity contribution in [3.05, 3.63) is 11.3 Å². The summed E-state index contributed by atoms with van der Waals surface area (Å²) in [5.41, 5.74) is 11.1. The predicted octanol–water partition coefficient (Wildman–Crippen LogP) is 0.263. The van der Waals surface area contributed by atoms with Gasteiger partial charge in [-0.25, -0.2) is 14.3 Å². The van der Waals surface area contributed by atoms with E-state index in [9.17, 15) is 14.2 Å². The van der Waals surface area contributed by atoms with Gasteiger partial charge in [-0.05, 0) is 20.8 Å². The van der Waals surface area contributed by atoms with Crippen LogP contribution in [0.15, 0.2) is 11.3 Å². The molecule has 18 heavy (non-hydrogen) atoms. The number of carbonyl (C=O) groups is 2. The van der Waals surface area contributed by atoms with Gasteiger partial charge in [0.1, 0.15) is 0 Å². The zero-order chi connectivity index (χ0) is 14.1. The van der Waals surface area contributed by atoms with E-state index in [4.69, 9.17) is 15.7 Å². The molecule has 1 atom stereocenters. The van der Waals surface area contributed by atoms with E-state index in [1.807, 2.05) is 0 Å². The minimum absolute atomic E-state index is 0.188. The number of nitrogens with one attached hydrogen (secondary N) is 1. The normalized spacial score (nSPS) is 20.8. The predicted molar refractivity (Wildman–Crippen MR) is 65.1 cm³/mol. The molecule has 0 radical (unpaired) electrons. The Morgan fingerprint density at radius 3 is 2.56 bits per heavy atom. The molecular formula is C9H17N4O4P. The Morgan fingerprint density at radius 2 is 2.11 bits per heavy atom. The Labute approximate surface area is 105 Å². The molecule has 1 rings (SSSR count). The average Bonchev–Trinajstić information content (AvgIpc) is 2.13. The number of amides is 2. The monoisotopic (exact) mass is 276 g/mol. The molecule has 0 aromatic carbocycles. The molecular weight excluding hydrogens is 259 g/mol. The lowest BCUT2D eigenvalue weighted by Crippen LogP contribution is -2.52. The van der Waals surface area contributed by atoms with E-state index in [-0.39, 0.29) is 12.2 Å². The van der Waals surface area contributed by atoms with E-state index in [2.05, 4.69) is 5.32 Å². The number of hydrogen-bond donors (Lipinski definition) is 3. The molecule has 9 heteroatoms. The van der Waals surface area contributed by atoms with Gasteiger partial charge in [0.2, 0.25) is 0 Å². The molecule has 0 fully saturated rings. The number of urea groups is 1. The summed E-state index contributed by atoms with van der Waals surface area (Å²) in [5, 5.41) is 2.39. The summed E-state index contributed by atoms with van der Waals surface area (Å²) in [5.74, 6) is -0.596. The SMILES string of the molecule is CCOC(=O)C1=C(C)NC(=O)N(P(N)(N)=O)C1C. The van der Waals surface area contributed by atoms with Crippen LogP contribution in [0, 0.1) is 0 Å². The van der Waals surface area contributed by atoms with Crippen LogP contribution in [0.25, 0.3) is 0 Å². The van der Waals surface area contributed by atoms with Gasteiger partial charge in [0.05, 0.1) is 18.2 Å². The Morgan fingerprint density at radius 1 is 1.56 bits per heavy atom. The van der Waals surface area contributed by atoms with Crippen LogP contribution in [0.5, 0.6) is 0 Å². The molecule has 5 N–H and O–H groups in total. The van der Waals surface area contributed by atoms with Gasteiger partial charge >= 0.3 is 19.6 Å². The Hall–Kier alpha value is -1.37. The summed E-state index contributed by atoms with van der Waals surface area (Å²) in [6.45, 7) is 4.92. The number of rotatable bonds is 3. The highest BCUT2D eigenvalue weighted by molar-refractivity contribution is 7.57. The Bertz CT molecular complexity index is 455. The highest BCUT2D eigenvalue weighted by Gasteiger charge is 2.40. The molecule has 1 unspecified atom stereocenters. The quantitative estimate of drug-likeness (QED) is 0.501. The van der Waals surface area contributed by atoms with Crippen LogP contribution >= 0.6 is 7.59 Å². The van der Waals surface area contributed by atoms with E-state index in [0.29, 0.717) is 5.70 Å². The van der Waals surface area contributed by atoms with Crippen molar-refractivity contribution in [3.63, 3.8) is 0 Å². The van der Waals surface area contributed by atoms with Gasteiger partial charge in [-0.15, -0.1) is 0 Å². The topological polar surface area (TPSA) is 128 Å². The van der Waals surface area contributed by atoms with Crippen LogP contribution in [0.4, 0.5) is 4.79 Å². The van der Waals surface area contributed by atoms with Gasteiger partial charge in [0.25, 0.3) is 0 Å². The maximum Gasteiger partial charge on any atom is 0.337 e. The summed E-state index contributed by atoms with van der Waals surface area (Å²) in [6, 6.07) is -1.50. The van der Waals surface area contributed by atoms with E-state index in [0.717, 1.165) is 4.67 Å².